The van der Waals surface area contributed by atoms with Gasteiger partial charge in [0.2, 0.25) is 11.4 Å². The molecule has 0 spiro atoms. The zero-order valence-corrected chi connectivity index (χ0v) is 7.82. The second kappa shape index (κ2) is 2.69. The third kappa shape index (κ3) is 0.992. The van der Waals surface area contributed by atoms with Gasteiger partial charge in [-0.2, -0.15) is 0 Å². The molecule has 14 heavy (non-hydrogen) atoms. The van der Waals surface area contributed by atoms with E-state index in [9.17, 15) is 0 Å². The minimum atomic E-state index is 0.572. The van der Waals surface area contributed by atoms with Crippen molar-refractivity contribution in [1.29, 1.82) is 0 Å². The van der Waals surface area contributed by atoms with Crippen molar-refractivity contribution in [3.63, 3.8) is 0 Å². The van der Waals surface area contributed by atoms with Crippen molar-refractivity contribution in [3.8, 4) is 0 Å². The number of hydrogen-bond donors (Lipinski definition) is 0. The van der Waals surface area contributed by atoms with Gasteiger partial charge in [-0.1, -0.05) is 11.6 Å². The van der Waals surface area contributed by atoms with Crippen LogP contribution in [0, 0.1) is 0 Å². The van der Waals surface area contributed by atoms with E-state index in [-0.39, 0.29) is 0 Å². The Morgan fingerprint density at radius 1 is 1.14 bits per heavy atom. The minimum absolute atomic E-state index is 0.572. The van der Waals surface area contributed by atoms with Gasteiger partial charge in [-0.25, -0.2) is 9.97 Å². The first kappa shape index (κ1) is 7.76. The number of aromatic nitrogens is 2. The molecule has 3 heterocycles. The molecule has 0 amide bonds. The number of hydrogen-bond acceptors (Lipinski definition) is 3. The minimum Gasteiger partial charge on any atom is -0.419 e. The zero-order valence-electron chi connectivity index (χ0n) is 7.07. The van der Waals surface area contributed by atoms with Crippen LogP contribution in [0.2, 0.25) is 5.02 Å². The molecule has 0 N–H and O–H groups in total. The Hall–Kier alpha value is -1.61. The van der Waals surface area contributed by atoms with E-state index in [2.05, 4.69) is 9.97 Å². The van der Waals surface area contributed by atoms with E-state index in [4.69, 9.17) is 16.0 Å². The van der Waals surface area contributed by atoms with Crippen molar-refractivity contribution >= 4 is 33.8 Å². The van der Waals surface area contributed by atoms with Crippen molar-refractivity contribution < 1.29 is 4.42 Å². The maximum Gasteiger partial charge on any atom is 0.229 e. The first-order chi connectivity index (χ1) is 6.84. The Bertz CT molecular complexity index is 618. The van der Waals surface area contributed by atoms with Crippen molar-refractivity contribution in [2.75, 3.05) is 0 Å². The molecule has 0 atom stereocenters. The van der Waals surface area contributed by atoms with Crippen LogP contribution in [0.1, 0.15) is 0 Å². The molecule has 3 nitrogen and oxygen atoms in total. The van der Waals surface area contributed by atoms with Gasteiger partial charge in [0, 0.05) is 17.8 Å². The van der Waals surface area contributed by atoms with Crippen LogP contribution in [0.4, 0.5) is 0 Å². The Kier molecular flexibility index (Phi) is 1.49. The number of fused-ring (bicyclic) bond motifs is 3. The van der Waals surface area contributed by atoms with Gasteiger partial charge < -0.3 is 4.42 Å². The van der Waals surface area contributed by atoms with Crippen LogP contribution in [0.3, 0.4) is 0 Å². The largest absolute Gasteiger partial charge is 0.419 e. The molecule has 68 valence electrons. The molecule has 0 bridgehead atoms. The number of furan rings is 1. The van der Waals surface area contributed by atoms with E-state index in [1.807, 2.05) is 18.2 Å². The normalized spacial score (nSPS) is 11.2. The van der Waals surface area contributed by atoms with Crippen molar-refractivity contribution in [2.24, 2.45) is 0 Å². The van der Waals surface area contributed by atoms with Crippen LogP contribution in [0.25, 0.3) is 22.2 Å². The summed E-state index contributed by atoms with van der Waals surface area (Å²) in [5, 5.41) is 2.45. The average Bonchev–Trinajstić information content (AvgIpc) is 2.56. The summed E-state index contributed by atoms with van der Waals surface area (Å²) in [5.41, 5.74) is 1.17. The highest BCUT2D eigenvalue weighted by Crippen LogP contribution is 2.27. The maximum atomic E-state index is 5.85. The number of halogens is 1. The number of rotatable bonds is 0. The Labute approximate surface area is 84.3 Å². The second-order valence-electron chi connectivity index (χ2n) is 2.96. The molecule has 0 saturated heterocycles. The molecule has 0 aromatic carbocycles. The monoisotopic (exact) mass is 204 g/mol. The molecule has 3 rings (SSSR count). The molecule has 0 aliphatic carbocycles. The molecule has 0 radical (unpaired) electrons. The Morgan fingerprint density at radius 3 is 2.93 bits per heavy atom. The van der Waals surface area contributed by atoms with Gasteiger partial charge in [0.05, 0.1) is 10.4 Å². The highest BCUT2D eigenvalue weighted by Gasteiger charge is 2.07. The highest BCUT2D eigenvalue weighted by atomic mass is 35.5. The lowest BCUT2D eigenvalue weighted by Crippen LogP contribution is -1.72. The van der Waals surface area contributed by atoms with Gasteiger partial charge in [0.1, 0.15) is 0 Å². The average molecular weight is 205 g/mol. The molecule has 0 aliphatic heterocycles. The summed E-state index contributed by atoms with van der Waals surface area (Å²) in [6, 6.07) is 5.63. The summed E-state index contributed by atoms with van der Waals surface area (Å²) < 4.78 is 5.43. The lowest BCUT2D eigenvalue weighted by atomic mass is 10.2. The van der Waals surface area contributed by atoms with Gasteiger partial charge in [0.15, 0.2) is 0 Å². The van der Waals surface area contributed by atoms with Gasteiger partial charge in [-0.3, -0.25) is 0 Å². The summed E-state index contributed by atoms with van der Waals surface area (Å²) >= 11 is 5.85. The third-order valence-corrected chi connectivity index (χ3v) is 2.28. The molecule has 0 fully saturated rings. The third-order valence-electron chi connectivity index (χ3n) is 2.07. The molecule has 4 heteroatoms. The fourth-order valence-corrected chi connectivity index (χ4v) is 1.63. The van der Waals surface area contributed by atoms with Crippen molar-refractivity contribution in [1.82, 2.24) is 9.97 Å². The topological polar surface area (TPSA) is 38.9 Å². The van der Waals surface area contributed by atoms with Gasteiger partial charge in [-0.05, 0) is 18.2 Å². The van der Waals surface area contributed by atoms with Crippen LogP contribution < -0.4 is 0 Å². The van der Waals surface area contributed by atoms with Crippen LogP contribution in [0.15, 0.2) is 35.0 Å². The molecule has 0 aliphatic rings. The standard InChI is InChI=1S/C10H5ClN2O/c11-6-4-8-7-2-1-3-12-9(7)14-10(8)13-5-6/h1-5H. The van der Waals surface area contributed by atoms with E-state index in [0.29, 0.717) is 16.4 Å². The summed E-state index contributed by atoms with van der Waals surface area (Å²) in [7, 11) is 0. The van der Waals surface area contributed by atoms with E-state index in [1.165, 1.54) is 0 Å². The van der Waals surface area contributed by atoms with Gasteiger partial charge in [0.25, 0.3) is 0 Å². The molecule has 3 aromatic rings. The highest BCUT2D eigenvalue weighted by molar-refractivity contribution is 6.31. The van der Waals surface area contributed by atoms with Gasteiger partial charge in [-0.15, -0.1) is 0 Å². The van der Waals surface area contributed by atoms with E-state index in [1.54, 1.807) is 12.4 Å². The van der Waals surface area contributed by atoms with E-state index < -0.39 is 0 Å². The van der Waals surface area contributed by atoms with Crippen LogP contribution in [0.5, 0.6) is 0 Å². The number of nitrogens with zero attached hydrogens (tertiary/aromatic N) is 2. The van der Waals surface area contributed by atoms with Crippen LogP contribution in [-0.4, -0.2) is 9.97 Å². The molecule has 3 aromatic heterocycles. The fourth-order valence-electron chi connectivity index (χ4n) is 1.47. The predicted molar refractivity (Wildman–Crippen MR) is 54.3 cm³/mol. The zero-order chi connectivity index (χ0) is 9.54. The van der Waals surface area contributed by atoms with Crippen LogP contribution >= 0.6 is 11.6 Å². The molecular formula is C10H5ClN2O. The van der Waals surface area contributed by atoms with E-state index >= 15 is 0 Å². The lowest BCUT2D eigenvalue weighted by molar-refractivity contribution is 0.640. The van der Waals surface area contributed by atoms with Crippen molar-refractivity contribution in [2.45, 2.75) is 0 Å². The lowest BCUT2D eigenvalue weighted by Gasteiger charge is -1.88. The number of pyridine rings is 2. The Morgan fingerprint density at radius 2 is 2.00 bits per heavy atom. The predicted octanol–water partition coefficient (Wildman–Crippen LogP) is 3.03. The molecule has 0 saturated carbocycles. The first-order valence-electron chi connectivity index (χ1n) is 4.13. The molecular weight excluding hydrogens is 200 g/mol. The quantitative estimate of drug-likeness (QED) is 0.565. The van der Waals surface area contributed by atoms with E-state index in [0.717, 1.165) is 10.8 Å². The Balaban J connectivity index is 2.58. The summed E-state index contributed by atoms with van der Waals surface area (Å²) in [4.78, 5) is 8.18. The van der Waals surface area contributed by atoms with Crippen molar-refractivity contribution in [3.05, 3.63) is 35.6 Å². The second-order valence-corrected chi connectivity index (χ2v) is 3.40. The summed E-state index contributed by atoms with van der Waals surface area (Å²) in [5.74, 6) is 0. The smallest absolute Gasteiger partial charge is 0.229 e. The van der Waals surface area contributed by atoms with Crippen LogP contribution in [-0.2, 0) is 0 Å². The summed E-state index contributed by atoms with van der Waals surface area (Å²) in [6.45, 7) is 0. The first-order valence-corrected chi connectivity index (χ1v) is 4.51. The van der Waals surface area contributed by atoms with Gasteiger partial charge >= 0.3 is 0 Å². The summed E-state index contributed by atoms with van der Waals surface area (Å²) in [6.07, 6.45) is 3.25. The fraction of sp³-hybridized carbons (Fsp3) is 0. The maximum absolute atomic E-state index is 5.85. The molecule has 0 unspecified atom stereocenters. The SMILES string of the molecule is Clc1cnc2oc3ncccc3c2c1.